The van der Waals surface area contributed by atoms with Crippen molar-refractivity contribution in [1.82, 2.24) is 35.7 Å². The number of nitrogens with one attached hydrogen (secondary N) is 3. The third kappa shape index (κ3) is 11.4. The molecule has 2 aromatic carbocycles. The average Bonchev–Trinajstić information content (AvgIpc) is 3.93. The summed E-state index contributed by atoms with van der Waals surface area (Å²) in [5.74, 6) is 0.172. The Bertz CT molecular complexity index is 2530. The highest BCUT2D eigenvalue weighted by molar-refractivity contribution is 7.13. The maximum Gasteiger partial charge on any atom is 0.253 e. The number of piperazine rings is 1. The van der Waals surface area contributed by atoms with E-state index in [4.69, 9.17) is 16.3 Å². The molecule has 1 saturated carbocycles. The molecule has 2 saturated heterocycles. The van der Waals surface area contributed by atoms with Crippen LogP contribution >= 0.6 is 22.9 Å². The first-order valence-electron chi connectivity index (χ1n) is 23.8. The van der Waals surface area contributed by atoms with Crippen molar-refractivity contribution in [3.05, 3.63) is 93.7 Å². The lowest BCUT2D eigenvalue weighted by Gasteiger charge is -2.63. The number of likely N-dealkylation sites (tertiary alicyclic amines) is 1. The molecule has 4 atom stereocenters. The van der Waals surface area contributed by atoms with Gasteiger partial charge in [-0.1, -0.05) is 84.3 Å². The quantitative estimate of drug-likeness (QED) is 0.0967. The average molecular weight is 981 g/mol. The third-order valence-electron chi connectivity index (χ3n) is 14.1. The second kappa shape index (κ2) is 20.8. The molecule has 2 aromatic heterocycles. The number of hydrogen-bond donors (Lipinski definition) is 4. The zero-order chi connectivity index (χ0) is 50.0. The van der Waals surface area contributed by atoms with Gasteiger partial charge >= 0.3 is 0 Å². The lowest BCUT2D eigenvalue weighted by Crippen LogP contribution is -2.74. The number of hydrogen-bond acceptors (Lipinski definition) is 12. The van der Waals surface area contributed by atoms with Gasteiger partial charge in [0.05, 0.1) is 44.4 Å². The van der Waals surface area contributed by atoms with Gasteiger partial charge in [-0.25, -0.2) is 9.97 Å². The van der Waals surface area contributed by atoms with E-state index in [9.17, 15) is 29.5 Å². The predicted molar refractivity (Wildman–Crippen MR) is 268 cm³/mol. The third-order valence-corrected chi connectivity index (χ3v) is 15.4. The van der Waals surface area contributed by atoms with E-state index in [1.165, 1.54) is 4.90 Å². The first kappa shape index (κ1) is 51.3. The van der Waals surface area contributed by atoms with Crippen LogP contribution in [0.4, 0.5) is 5.82 Å². The summed E-state index contributed by atoms with van der Waals surface area (Å²) in [5.41, 5.74) is 4.15. The van der Waals surface area contributed by atoms with Crippen LogP contribution in [0, 0.1) is 34.5 Å². The molecular formula is C52H66ClN9O6S. The summed E-state index contributed by atoms with van der Waals surface area (Å²) in [6.45, 7) is 21.5. The molecule has 4 heterocycles. The number of nitriles is 1. The number of carbonyl (C=O) groups excluding carboxylic acids is 4. The number of β-amino-alcohol motifs (C(OH)–C–C–N with tert-alkyl or cyclic N) is 1. The summed E-state index contributed by atoms with van der Waals surface area (Å²) in [7, 11) is 0. The Hall–Kier alpha value is -5.60. The van der Waals surface area contributed by atoms with Gasteiger partial charge in [-0.2, -0.15) is 5.26 Å². The van der Waals surface area contributed by atoms with Crippen LogP contribution in [0.5, 0.6) is 5.75 Å². The van der Waals surface area contributed by atoms with Gasteiger partial charge in [0.15, 0.2) is 0 Å². The Balaban J connectivity index is 0.850. The van der Waals surface area contributed by atoms with Crippen LogP contribution in [-0.4, -0.2) is 118 Å². The first-order valence-corrected chi connectivity index (χ1v) is 25.0. The largest absolute Gasteiger partial charge is 0.489 e. The van der Waals surface area contributed by atoms with Gasteiger partial charge in [-0.05, 0) is 67.6 Å². The minimum absolute atomic E-state index is 0.00609. The molecule has 4 N–H and O–H groups in total. The molecule has 7 rings (SSSR count). The molecule has 2 aliphatic heterocycles. The number of anilines is 1. The van der Waals surface area contributed by atoms with Crippen LogP contribution < -0.4 is 25.6 Å². The lowest BCUT2D eigenvalue weighted by molar-refractivity contribution is -0.164. The molecule has 0 spiro atoms. The van der Waals surface area contributed by atoms with Crippen LogP contribution in [-0.2, 0) is 14.4 Å². The van der Waals surface area contributed by atoms with Crippen molar-refractivity contribution in [3.63, 3.8) is 0 Å². The van der Waals surface area contributed by atoms with Gasteiger partial charge in [-0.3, -0.25) is 24.1 Å². The van der Waals surface area contributed by atoms with E-state index >= 15 is 0 Å². The van der Waals surface area contributed by atoms with Gasteiger partial charge in [0, 0.05) is 74.7 Å². The number of amides is 4. The molecule has 1 aliphatic carbocycles. The van der Waals surface area contributed by atoms with Crippen molar-refractivity contribution >= 4 is 52.4 Å². The number of aryl methyl sites for hydroxylation is 1. The second-order valence-electron chi connectivity index (χ2n) is 21.0. The number of rotatable bonds is 15. The van der Waals surface area contributed by atoms with Crippen molar-refractivity contribution in [2.24, 2.45) is 16.2 Å². The van der Waals surface area contributed by atoms with Crippen molar-refractivity contribution in [2.45, 2.75) is 118 Å². The fraction of sp³-hybridized carbons (Fsp3) is 0.519. The zero-order valence-electron chi connectivity index (χ0n) is 41.1. The maximum absolute atomic E-state index is 14.2. The number of halogens is 1. The van der Waals surface area contributed by atoms with Gasteiger partial charge in [0.1, 0.15) is 35.8 Å². The molecule has 3 aliphatic rings. The number of benzene rings is 2. The van der Waals surface area contributed by atoms with Crippen LogP contribution in [0.1, 0.15) is 108 Å². The zero-order valence-corrected chi connectivity index (χ0v) is 42.7. The van der Waals surface area contributed by atoms with Crippen LogP contribution in [0.2, 0.25) is 5.02 Å². The second-order valence-corrected chi connectivity index (χ2v) is 22.3. The predicted octanol–water partition coefficient (Wildman–Crippen LogP) is 6.92. The molecule has 17 heteroatoms. The van der Waals surface area contributed by atoms with Crippen molar-refractivity contribution in [2.75, 3.05) is 44.2 Å². The molecule has 368 valence electrons. The topological polar surface area (TPSA) is 193 Å². The van der Waals surface area contributed by atoms with E-state index in [1.807, 2.05) is 70.5 Å². The summed E-state index contributed by atoms with van der Waals surface area (Å²) in [4.78, 5) is 70.9. The van der Waals surface area contributed by atoms with Gasteiger partial charge in [-0.15, -0.1) is 11.3 Å². The minimum Gasteiger partial charge on any atom is -0.489 e. The molecule has 0 bridgehead atoms. The normalized spacial score (nSPS) is 21.9. The fourth-order valence-corrected chi connectivity index (χ4v) is 11.5. The van der Waals surface area contributed by atoms with E-state index in [1.54, 1.807) is 41.8 Å². The molecule has 3 fully saturated rings. The number of thiazole rings is 1. The highest BCUT2D eigenvalue weighted by Gasteiger charge is 2.64. The Morgan fingerprint density at radius 2 is 1.68 bits per heavy atom. The van der Waals surface area contributed by atoms with E-state index in [-0.39, 0.29) is 61.2 Å². The van der Waals surface area contributed by atoms with E-state index in [0.29, 0.717) is 34.9 Å². The summed E-state index contributed by atoms with van der Waals surface area (Å²) >= 11 is 7.84. The SMILES string of the molecule is Cc1ncsc1-c1ccc([C@H](C)NC(=O)[C@@H]2C[C@@H](O)CN2C(=O)C(NC(=O)CCCN2CCN(c3ccc(C(=O)N[C@H]4C(C)(C)[C@H](Oc5ccc(C#N)c(Cl)c5)C4(C)C)cn3)CC2)C(C)(C)C)cc1. The summed E-state index contributed by atoms with van der Waals surface area (Å²) in [6.07, 6.45) is 1.47. The summed E-state index contributed by atoms with van der Waals surface area (Å²) in [5, 5.41) is 29.5. The molecule has 4 amide bonds. The summed E-state index contributed by atoms with van der Waals surface area (Å²) < 4.78 is 6.37. The number of aromatic nitrogens is 2. The number of aliphatic hydroxyl groups excluding tert-OH is 1. The number of carbonyl (C=O) groups is 4. The molecule has 15 nitrogen and oxygen atoms in total. The lowest BCUT2D eigenvalue weighted by atomic mass is 9.49. The van der Waals surface area contributed by atoms with E-state index in [2.05, 4.69) is 69.5 Å². The van der Waals surface area contributed by atoms with Crippen molar-refractivity contribution in [3.8, 4) is 22.3 Å². The number of aliphatic hydroxyl groups is 1. The smallest absolute Gasteiger partial charge is 0.253 e. The highest BCUT2D eigenvalue weighted by atomic mass is 35.5. The van der Waals surface area contributed by atoms with Crippen molar-refractivity contribution in [1.29, 1.82) is 5.26 Å². The van der Waals surface area contributed by atoms with Gasteiger partial charge in [0.25, 0.3) is 5.91 Å². The van der Waals surface area contributed by atoms with Gasteiger partial charge in [0.2, 0.25) is 17.7 Å². The Morgan fingerprint density at radius 3 is 2.28 bits per heavy atom. The number of pyridine rings is 1. The highest BCUT2D eigenvalue weighted by Crippen LogP contribution is 2.55. The minimum atomic E-state index is -0.898. The molecule has 0 radical (unpaired) electrons. The monoisotopic (exact) mass is 979 g/mol. The van der Waals surface area contributed by atoms with Crippen LogP contribution in [0.3, 0.4) is 0 Å². The summed E-state index contributed by atoms with van der Waals surface area (Å²) in [6, 6.07) is 16.5. The fourth-order valence-electron chi connectivity index (χ4n) is 10.4. The van der Waals surface area contributed by atoms with Crippen LogP contribution in [0.15, 0.2) is 66.3 Å². The Morgan fingerprint density at radius 1 is 0.986 bits per heavy atom. The molecule has 1 unspecified atom stereocenters. The molecular weight excluding hydrogens is 914 g/mol. The standard InChI is InChI=1S/C52H66ClN9O6S/c1-31(33-12-14-34(15-13-33)43-32(2)56-30-69-43)57-46(66)40-25-37(63)29-62(40)47(67)44(50(3,4)5)58-42(64)11-10-20-60-21-23-61(24-22-60)41-19-17-36(28-55-41)45(65)59-48-51(6,7)49(52(48,8)9)68-38-18-16-35(27-54)39(53)26-38/h12-19,26,28,30-31,37,40,44,48-49,63H,10-11,20-25,29H2,1-9H3,(H,57,66)(H,58,64)(H,59,65)/t31-,37+,40-,44?,48-,49-/m0/s1. The number of ether oxygens (including phenoxy) is 1. The molecule has 69 heavy (non-hydrogen) atoms. The van der Waals surface area contributed by atoms with E-state index < -0.39 is 34.4 Å². The van der Waals surface area contributed by atoms with E-state index in [0.717, 1.165) is 53.7 Å². The Labute approximate surface area is 415 Å². The van der Waals surface area contributed by atoms with Crippen LogP contribution in [0.25, 0.3) is 10.4 Å². The van der Waals surface area contributed by atoms with Crippen molar-refractivity contribution < 1.29 is 29.0 Å². The number of nitrogens with zero attached hydrogens (tertiary/aromatic N) is 6. The Kier molecular flexibility index (Phi) is 15.4. The first-order chi connectivity index (χ1) is 32.6. The van der Waals surface area contributed by atoms with Gasteiger partial charge < -0.3 is 35.6 Å². The molecule has 4 aromatic rings. The maximum atomic E-state index is 14.2.